The number of ether oxygens (including phenoxy) is 1. The van der Waals surface area contributed by atoms with Crippen LogP contribution in [0.15, 0.2) is 23.7 Å². The summed E-state index contributed by atoms with van der Waals surface area (Å²) in [4.78, 5) is 11.9. The number of anilines is 1. The van der Waals surface area contributed by atoms with Crippen molar-refractivity contribution in [1.29, 1.82) is 0 Å². The number of benzene rings is 1. The molecule has 0 spiro atoms. The van der Waals surface area contributed by atoms with E-state index in [1.807, 2.05) is 12.1 Å². The maximum absolute atomic E-state index is 11.9. The zero-order valence-electron chi connectivity index (χ0n) is 8.84. The molecule has 0 radical (unpaired) electrons. The summed E-state index contributed by atoms with van der Waals surface area (Å²) in [5.41, 5.74) is 3.27. The monoisotopic (exact) mass is 247 g/mol. The smallest absolute Gasteiger partial charge is 0.257 e. The minimum atomic E-state index is -0.170. The highest BCUT2D eigenvalue weighted by Gasteiger charge is 2.15. The second-order valence-electron chi connectivity index (χ2n) is 3.62. The van der Waals surface area contributed by atoms with Crippen molar-refractivity contribution in [2.45, 2.75) is 6.42 Å². The molecule has 0 saturated carbocycles. The third-order valence-electron chi connectivity index (χ3n) is 2.53. The summed E-state index contributed by atoms with van der Waals surface area (Å²) in [6.45, 7) is 0.691. The van der Waals surface area contributed by atoms with Crippen molar-refractivity contribution >= 4 is 22.4 Å². The molecule has 0 fully saturated rings. The lowest BCUT2D eigenvalue weighted by Crippen LogP contribution is -2.11. The summed E-state index contributed by atoms with van der Waals surface area (Å²) in [5.74, 6) is 0.703. The number of hydrogen-bond donors (Lipinski definition) is 1. The van der Waals surface area contributed by atoms with Crippen LogP contribution in [0.5, 0.6) is 5.75 Å². The van der Waals surface area contributed by atoms with Gasteiger partial charge in [0.1, 0.15) is 11.3 Å². The Labute approximate surface area is 101 Å². The zero-order chi connectivity index (χ0) is 11.7. The van der Waals surface area contributed by atoms with Crippen molar-refractivity contribution in [1.82, 2.24) is 10.2 Å². The van der Waals surface area contributed by atoms with Gasteiger partial charge in [-0.1, -0.05) is 11.3 Å². The van der Waals surface area contributed by atoms with Crippen LogP contribution in [0.1, 0.15) is 15.9 Å². The molecule has 1 amide bonds. The molecule has 2 aromatic rings. The van der Waals surface area contributed by atoms with E-state index in [0.29, 0.717) is 17.3 Å². The minimum Gasteiger partial charge on any atom is -0.493 e. The van der Waals surface area contributed by atoms with Crippen LogP contribution >= 0.6 is 11.3 Å². The highest BCUT2D eigenvalue weighted by atomic mass is 32.1. The van der Waals surface area contributed by atoms with E-state index in [1.165, 1.54) is 11.3 Å². The fourth-order valence-corrected chi connectivity index (χ4v) is 2.16. The predicted molar refractivity (Wildman–Crippen MR) is 63.5 cm³/mol. The molecule has 1 aromatic carbocycles. The molecule has 3 rings (SSSR count). The largest absolute Gasteiger partial charge is 0.493 e. The Balaban J connectivity index is 1.82. The Hall–Kier alpha value is -1.95. The lowest BCUT2D eigenvalue weighted by atomic mass is 10.1. The fraction of sp³-hybridized carbons (Fsp3) is 0.182. The van der Waals surface area contributed by atoms with E-state index >= 15 is 0 Å². The van der Waals surface area contributed by atoms with Gasteiger partial charge in [-0.15, -0.1) is 10.2 Å². The van der Waals surface area contributed by atoms with Crippen LogP contribution in [0.25, 0.3) is 0 Å². The van der Waals surface area contributed by atoms with Gasteiger partial charge < -0.3 is 4.74 Å². The molecular weight excluding hydrogens is 238 g/mol. The van der Waals surface area contributed by atoms with Crippen LogP contribution in [-0.2, 0) is 6.42 Å². The first-order valence-corrected chi connectivity index (χ1v) is 6.04. The van der Waals surface area contributed by atoms with E-state index < -0.39 is 0 Å². The zero-order valence-corrected chi connectivity index (χ0v) is 9.66. The highest BCUT2D eigenvalue weighted by molar-refractivity contribution is 7.13. The van der Waals surface area contributed by atoms with E-state index in [-0.39, 0.29) is 5.91 Å². The number of carbonyl (C=O) groups is 1. The summed E-state index contributed by atoms with van der Waals surface area (Å²) < 4.78 is 5.39. The van der Waals surface area contributed by atoms with Gasteiger partial charge >= 0.3 is 0 Å². The fourth-order valence-electron chi connectivity index (χ4n) is 1.72. The van der Waals surface area contributed by atoms with Gasteiger partial charge in [-0.2, -0.15) is 0 Å². The van der Waals surface area contributed by atoms with E-state index in [4.69, 9.17) is 4.74 Å². The normalized spacial score (nSPS) is 12.9. The van der Waals surface area contributed by atoms with E-state index in [1.54, 1.807) is 11.6 Å². The van der Waals surface area contributed by atoms with E-state index in [9.17, 15) is 4.79 Å². The second-order valence-corrected chi connectivity index (χ2v) is 4.45. The third-order valence-corrected chi connectivity index (χ3v) is 3.14. The number of amides is 1. The lowest BCUT2D eigenvalue weighted by molar-refractivity contribution is 0.102. The summed E-state index contributed by atoms with van der Waals surface area (Å²) in [6, 6.07) is 5.44. The number of aromatic nitrogens is 2. The molecule has 1 aliphatic rings. The van der Waals surface area contributed by atoms with Crippen LogP contribution in [0.4, 0.5) is 5.13 Å². The maximum atomic E-state index is 11.9. The number of hydrogen-bond acceptors (Lipinski definition) is 5. The Kier molecular flexibility index (Phi) is 2.49. The summed E-state index contributed by atoms with van der Waals surface area (Å²) >= 11 is 1.29. The molecule has 2 heterocycles. The van der Waals surface area contributed by atoms with Gasteiger partial charge in [0.25, 0.3) is 5.91 Å². The van der Waals surface area contributed by atoms with Crippen LogP contribution in [-0.4, -0.2) is 22.7 Å². The first-order chi connectivity index (χ1) is 8.33. The molecule has 6 heteroatoms. The number of rotatable bonds is 2. The van der Waals surface area contributed by atoms with E-state index in [0.717, 1.165) is 17.7 Å². The average molecular weight is 247 g/mol. The van der Waals surface area contributed by atoms with Gasteiger partial charge in [-0.05, 0) is 23.8 Å². The molecule has 0 unspecified atom stereocenters. The molecule has 86 valence electrons. The van der Waals surface area contributed by atoms with Gasteiger partial charge in [0.05, 0.1) is 6.61 Å². The van der Waals surface area contributed by atoms with Gasteiger partial charge in [0.15, 0.2) is 0 Å². The Morgan fingerprint density at radius 3 is 3.24 bits per heavy atom. The third kappa shape index (κ3) is 1.99. The van der Waals surface area contributed by atoms with Crippen molar-refractivity contribution in [3.05, 3.63) is 34.8 Å². The number of nitrogens with one attached hydrogen (secondary N) is 1. The first-order valence-electron chi connectivity index (χ1n) is 5.16. The van der Waals surface area contributed by atoms with Crippen LogP contribution in [0.3, 0.4) is 0 Å². The van der Waals surface area contributed by atoms with Crippen molar-refractivity contribution in [2.75, 3.05) is 11.9 Å². The molecule has 5 nitrogen and oxygen atoms in total. The Morgan fingerprint density at radius 2 is 2.41 bits per heavy atom. The Morgan fingerprint density at radius 1 is 1.47 bits per heavy atom. The first kappa shape index (κ1) is 10.2. The molecule has 1 aliphatic heterocycles. The molecule has 1 aromatic heterocycles. The molecule has 0 saturated heterocycles. The van der Waals surface area contributed by atoms with E-state index in [2.05, 4.69) is 15.5 Å². The molecule has 0 aliphatic carbocycles. The van der Waals surface area contributed by atoms with Gasteiger partial charge in [0, 0.05) is 12.0 Å². The summed E-state index contributed by atoms with van der Waals surface area (Å²) in [5, 5.41) is 10.6. The molecule has 0 atom stereocenters. The van der Waals surface area contributed by atoms with Crippen molar-refractivity contribution in [3.8, 4) is 5.75 Å². The lowest BCUT2D eigenvalue weighted by Gasteiger charge is -2.03. The van der Waals surface area contributed by atoms with Gasteiger partial charge in [-0.3, -0.25) is 10.1 Å². The quantitative estimate of drug-likeness (QED) is 0.877. The second kappa shape index (κ2) is 4.14. The minimum absolute atomic E-state index is 0.170. The van der Waals surface area contributed by atoms with Gasteiger partial charge in [-0.25, -0.2) is 0 Å². The van der Waals surface area contributed by atoms with Crippen molar-refractivity contribution in [2.24, 2.45) is 0 Å². The molecule has 1 N–H and O–H groups in total. The Bertz CT molecular complexity index is 554. The van der Waals surface area contributed by atoms with Crippen LogP contribution < -0.4 is 10.1 Å². The summed E-state index contributed by atoms with van der Waals surface area (Å²) in [7, 11) is 0. The predicted octanol–water partition coefficient (Wildman–Crippen LogP) is 1.73. The number of carbonyl (C=O) groups excluding carboxylic acids is 1. The number of nitrogens with zero attached hydrogens (tertiary/aromatic N) is 2. The molecule has 17 heavy (non-hydrogen) atoms. The molecular formula is C11H9N3O2S. The highest BCUT2D eigenvalue weighted by Crippen LogP contribution is 2.26. The van der Waals surface area contributed by atoms with Crippen molar-refractivity contribution in [3.63, 3.8) is 0 Å². The molecule has 0 bridgehead atoms. The SMILES string of the molecule is O=C(Nc1nncs1)c1ccc2c(c1)CCO2. The summed E-state index contributed by atoms with van der Waals surface area (Å²) in [6.07, 6.45) is 0.856. The topological polar surface area (TPSA) is 64.1 Å². The van der Waals surface area contributed by atoms with Crippen LogP contribution in [0, 0.1) is 0 Å². The number of fused-ring (bicyclic) bond motifs is 1. The van der Waals surface area contributed by atoms with Crippen molar-refractivity contribution < 1.29 is 9.53 Å². The average Bonchev–Trinajstić information content (AvgIpc) is 2.97. The van der Waals surface area contributed by atoms with Crippen LogP contribution in [0.2, 0.25) is 0 Å². The van der Waals surface area contributed by atoms with Gasteiger partial charge in [0.2, 0.25) is 5.13 Å². The maximum Gasteiger partial charge on any atom is 0.257 e. The standard InChI is InChI=1S/C11H9N3O2S/c15-10(13-11-14-12-6-17-11)8-1-2-9-7(5-8)3-4-16-9/h1-2,5-6H,3-4H2,(H,13,14,15).